The minimum atomic E-state index is -1.20. The molecular formula is C23H25N3O5. The van der Waals surface area contributed by atoms with Crippen molar-refractivity contribution in [3.05, 3.63) is 59.2 Å². The van der Waals surface area contributed by atoms with Gasteiger partial charge in [0.1, 0.15) is 12.1 Å². The summed E-state index contributed by atoms with van der Waals surface area (Å²) in [6.07, 6.45) is 1.98. The summed E-state index contributed by atoms with van der Waals surface area (Å²) in [4.78, 5) is 38.9. The monoisotopic (exact) mass is 423 g/mol. The van der Waals surface area contributed by atoms with E-state index in [0.717, 1.165) is 23.3 Å². The zero-order chi connectivity index (χ0) is 22.0. The molecule has 0 aliphatic carbocycles. The standard InChI is InChI=1S/C23H25N3O5/c1-3-4-15-5-8-17(9-6-15)23(2)21(28)26(22(29)25-23)13-20(27)24-12-16-7-10-18-19(11-16)31-14-30-18/h5-11H,3-4,12-14H2,1-2H3,(H,24,27)(H,25,29)/t23-/m1/s1. The highest BCUT2D eigenvalue weighted by Gasteiger charge is 2.49. The number of nitrogens with one attached hydrogen (secondary N) is 2. The Morgan fingerprint density at radius 3 is 2.55 bits per heavy atom. The lowest BCUT2D eigenvalue weighted by atomic mass is 9.91. The van der Waals surface area contributed by atoms with Gasteiger partial charge in [-0.1, -0.05) is 43.7 Å². The van der Waals surface area contributed by atoms with Gasteiger partial charge in [0, 0.05) is 6.54 Å². The van der Waals surface area contributed by atoms with Gasteiger partial charge in [0.15, 0.2) is 11.5 Å². The summed E-state index contributed by atoms with van der Waals surface area (Å²) >= 11 is 0. The lowest BCUT2D eigenvalue weighted by Gasteiger charge is -2.22. The lowest BCUT2D eigenvalue weighted by Crippen LogP contribution is -2.43. The molecule has 0 spiro atoms. The fourth-order valence-corrected chi connectivity index (χ4v) is 3.78. The fourth-order valence-electron chi connectivity index (χ4n) is 3.78. The molecule has 2 N–H and O–H groups in total. The number of amides is 4. The van der Waals surface area contributed by atoms with Crippen molar-refractivity contribution in [1.82, 2.24) is 15.5 Å². The number of aryl methyl sites for hydroxylation is 1. The first kappa shape index (κ1) is 20.7. The largest absolute Gasteiger partial charge is 0.454 e. The summed E-state index contributed by atoms with van der Waals surface area (Å²) in [6.45, 7) is 3.84. The Morgan fingerprint density at radius 1 is 1.10 bits per heavy atom. The molecule has 0 bridgehead atoms. The van der Waals surface area contributed by atoms with Crippen LogP contribution in [0.15, 0.2) is 42.5 Å². The van der Waals surface area contributed by atoms with Crippen molar-refractivity contribution in [2.45, 2.75) is 38.8 Å². The average molecular weight is 423 g/mol. The molecule has 0 saturated carbocycles. The molecule has 1 saturated heterocycles. The van der Waals surface area contributed by atoms with Crippen LogP contribution in [0.4, 0.5) is 4.79 Å². The van der Waals surface area contributed by atoms with Crippen molar-refractivity contribution in [3.8, 4) is 11.5 Å². The van der Waals surface area contributed by atoms with Gasteiger partial charge in [-0.2, -0.15) is 0 Å². The number of hydrogen-bond donors (Lipinski definition) is 2. The molecule has 162 valence electrons. The third kappa shape index (κ3) is 4.05. The summed E-state index contributed by atoms with van der Waals surface area (Å²) in [5.74, 6) is 0.417. The Kier molecular flexibility index (Phi) is 5.54. The Bertz CT molecular complexity index is 1020. The van der Waals surface area contributed by atoms with E-state index >= 15 is 0 Å². The molecule has 4 rings (SSSR count). The SMILES string of the molecule is CCCc1ccc([C@@]2(C)NC(=O)N(CC(=O)NCc3ccc4c(c3)OCO4)C2=O)cc1. The predicted octanol–water partition coefficient (Wildman–Crippen LogP) is 2.45. The number of urea groups is 1. The molecule has 0 radical (unpaired) electrons. The van der Waals surface area contributed by atoms with Crippen LogP contribution < -0.4 is 20.1 Å². The molecule has 4 amide bonds. The third-order valence-corrected chi connectivity index (χ3v) is 5.57. The molecule has 2 aromatic rings. The van der Waals surface area contributed by atoms with Crippen LogP contribution >= 0.6 is 0 Å². The number of hydrogen-bond acceptors (Lipinski definition) is 5. The van der Waals surface area contributed by atoms with Gasteiger partial charge in [-0.15, -0.1) is 0 Å². The van der Waals surface area contributed by atoms with E-state index in [9.17, 15) is 14.4 Å². The zero-order valence-corrected chi connectivity index (χ0v) is 17.6. The maximum absolute atomic E-state index is 13.0. The van der Waals surface area contributed by atoms with Crippen LogP contribution in [0.5, 0.6) is 11.5 Å². The molecule has 2 aromatic carbocycles. The molecule has 1 fully saturated rings. The third-order valence-electron chi connectivity index (χ3n) is 5.57. The first-order valence-electron chi connectivity index (χ1n) is 10.3. The van der Waals surface area contributed by atoms with Gasteiger partial charge in [-0.25, -0.2) is 4.79 Å². The van der Waals surface area contributed by atoms with E-state index in [1.165, 1.54) is 5.56 Å². The molecular weight excluding hydrogens is 398 g/mol. The maximum Gasteiger partial charge on any atom is 0.325 e. The molecule has 2 heterocycles. The maximum atomic E-state index is 13.0. The van der Waals surface area contributed by atoms with E-state index in [-0.39, 0.29) is 19.9 Å². The summed E-state index contributed by atoms with van der Waals surface area (Å²) in [5, 5.41) is 5.47. The normalized spacial score (nSPS) is 19.5. The number of fused-ring (bicyclic) bond motifs is 1. The molecule has 0 unspecified atom stereocenters. The average Bonchev–Trinajstić information content (AvgIpc) is 3.31. The number of ether oxygens (including phenoxy) is 2. The van der Waals surface area contributed by atoms with Crippen LogP contribution in [-0.2, 0) is 28.1 Å². The fraction of sp³-hybridized carbons (Fsp3) is 0.348. The quantitative estimate of drug-likeness (QED) is 0.667. The van der Waals surface area contributed by atoms with Crippen LogP contribution in [0.1, 0.15) is 37.0 Å². The number of benzene rings is 2. The van der Waals surface area contributed by atoms with Crippen LogP contribution in [0, 0.1) is 0 Å². The van der Waals surface area contributed by atoms with Gasteiger partial charge in [-0.3, -0.25) is 14.5 Å². The van der Waals surface area contributed by atoms with Gasteiger partial charge in [0.2, 0.25) is 12.7 Å². The van der Waals surface area contributed by atoms with E-state index < -0.39 is 23.4 Å². The second kappa shape index (κ2) is 8.29. The van der Waals surface area contributed by atoms with E-state index in [0.29, 0.717) is 17.1 Å². The second-order valence-corrected chi connectivity index (χ2v) is 7.86. The number of carbonyl (C=O) groups excluding carboxylic acids is 3. The van der Waals surface area contributed by atoms with Crippen molar-refractivity contribution in [2.75, 3.05) is 13.3 Å². The summed E-state index contributed by atoms with van der Waals surface area (Å²) in [5.41, 5.74) is 1.49. The second-order valence-electron chi connectivity index (χ2n) is 7.86. The van der Waals surface area contributed by atoms with E-state index in [1.54, 1.807) is 19.1 Å². The van der Waals surface area contributed by atoms with Gasteiger partial charge in [0.25, 0.3) is 5.91 Å². The van der Waals surface area contributed by atoms with Gasteiger partial charge in [0.05, 0.1) is 0 Å². The topological polar surface area (TPSA) is 97.0 Å². The summed E-state index contributed by atoms with van der Waals surface area (Å²) in [6, 6.07) is 12.4. The van der Waals surface area contributed by atoms with Crippen LogP contribution in [0.25, 0.3) is 0 Å². The van der Waals surface area contributed by atoms with Crippen molar-refractivity contribution in [2.24, 2.45) is 0 Å². The molecule has 0 aromatic heterocycles. The van der Waals surface area contributed by atoms with Crippen molar-refractivity contribution < 1.29 is 23.9 Å². The molecule has 2 aliphatic rings. The Morgan fingerprint density at radius 2 is 1.81 bits per heavy atom. The number of carbonyl (C=O) groups is 3. The number of nitrogens with zero attached hydrogens (tertiary/aromatic N) is 1. The highest BCUT2D eigenvalue weighted by Crippen LogP contribution is 2.32. The Hall–Kier alpha value is -3.55. The Labute approximate surface area is 180 Å². The Balaban J connectivity index is 1.38. The van der Waals surface area contributed by atoms with Crippen molar-refractivity contribution in [3.63, 3.8) is 0 Å². The molecule has 8 heteroatoms. The predicted molar refractivity (Wildman–Crippen MR) is 112 cm³/mol. The van der Waals surface area contributed by atoms with Crippen LogP contribution in [0.2, 0.25) is 0 Å². The van der Waals surface area contributed by atoms with E-state index in [1.807, 2.05) is 30.3 Å². The van der Waals surface area contributed by atoms with Crippen molar-refractivity contribution in [1.29, 1.82) is 0 Å². The molecule has 1 atom stereocenters. The summed E-state index contributed by atoms with van der Waals surface area (Å²) in [7, 11) is 0. The molecule has 8 nitrogen and oxygen atoms in total. The van der Waals surface area contributed by atoms with Crippen LogP contribution in [-0.4, -0.2) is 36.1 Å². The van der Waals surface area contributed by atoms with Gasteiger partial charge in [-0.05, 0) is 42.2 Å². The first-order valence-corrected chi connectivity index (χ1v) is 10.3. The molecule has 2 aliphatic heterocycles. The number of imide groups is 1. The smallest absolute Gasteiger partial charge is 0.325 e. The van der Waals surface area contributed by atoms with Crippen molar-refractivity contribution >= 4 is 17.8 Å². The van der Waals surface area contributed by atoms with Gasteiger partial charge >= 0.3 is 6.03 Å². The number of rotatable bonds is 7. The van der Waals surface area contributed by atoms with Crippen LogP contribution in [0.3, 0.4) is 0 Å². The zero-order valence-electron chi connectivity index (χ0n) is 17.6. The highest BCUT2D eigenvalue weighted by molar-refractivity contribution is 6.09. The summed E-state index contributed by atoms with van der Waals surface area (Å²) < 4.78 is 10.6. The highest BCUT2D eigenvalue weighted by atomic mass is 16.7. The minimum Gasteiger partial charge on any atom is -0.454 e. The van der Waals surface area contributed by atoms with Gasteiger partial charge < -0.3 is 20.1 Å². The minimum absolute atomic E-state index is 0.178. The first-order chi connectivity index (χ1) is 14.9. The lowest BCUT2D eigenvalue weighted by molar-refractivity contribution is -0.134. The molecule has 31 heavy (non-hydrogen) atoms. The van der Waals surface area contributed by atoms with E-state index in [4.69, 9.17) is 9.47 Å². The van der Waals surface area contributed by atoms with E-state index in [2.05, 4.69) is 17.6 Å².